The predicted molar refractivity (Wildman–Crippen MR) is 102 cm³/mol. The second-order valence-corrected chi connectivity index (χ2v) is 6.07. The molecule has 0 spiro atoms. The Hall–Kier alpha value is -3.53. The summed E-state index contributed by atoms with van der Waals surface area (Å²) in [4.78, 5) is 7.72. The normalized spacial score (nSPS) is 11.2. The Balaban J connectivity index is 1.62. The number of hydrogen-bond donors (Lipinski definition) is 2. The van der Waals surface area contributed by atoms with E-state index in [9.17, 15) is 0 Å². The van der Waals surface area contributed by atoms with E-state index in [2.05, 4.69) is 80.5 Å². The molecule has 0 saturated carbocycles. The van der Waals surface area contributed by atoms with E-state index < -0.39 is 0 Å². The van der Waals surface area contributed by atoms with Crippen molar-refractivity contribution >= 4 is 27.9 Å². The number of pyridine rings is 1. The fourth-order valence-corrected chi connectivity index (χ4v) is 3.20. The van der Waals surface area contributed by atoms with Crippen molar-refractivity contribution in [3.05, 3.63) is 85.5 Å². The second-order valence-electron chi connectivity index (χ2n) is 6.07. The average Bonchev–Trinajstić information content (AvgIpc) is 3.31. The molecule has 0 saturated heterocycles. The lowest BCUT2D eigenvalue weighted by Gasteiger charge is -2.11. The van der Waals surface area contributed by atoms with Crippen LogP contribution in [-0.4, -0.2) is 14.4 Å². The minimum Gasteiger partial charge on any atom is -0.361 e. The molecule has 0 radical (unpaired) electrons. The molecule has 25 heavy (non-hydrogen) atoms. The van der Waals surface area contributed by atoms with Gasteiger partial charge in [-0.15, -0.1) is 0 Å². The zero-order chi connectivity index (χ0) is 16.6. The molecule has 4 heteroatoms. The molecule has 0 aliphatic carbocycles. The molecule has 0 unspecified atom stereocenters. The van der Waals surface area contributed by atoms with Crippen LogP contribution in [0.25, 0.3) is 27.7 Å². The first-order valence-electron chi connectivity index (χ1n) is 8.23. The summed E-state index contributed by atoms with van der Waals surface area (Å²) in [6, 6.07) is 20.9. The van der Waals surface area contributed by atoms with Crippen LogP contribution in [-0.2, 0) is 0 Å². The number of benzene rings is 2. The first-order chi connectivity index (χ1) is 12.4. The van der Waals surface area contributed by atoms with Crippen molar-refractivity contribution in [2.45, 2.75) is 0 Å². The molecule has 2 N–H and O–H groups in total. The Morgan fingerprint density at radius 2 is 1.84 bits per heavy atom. The number of nitrogens with zero attached hydrogens (tertiary/aromatic N) is 2. The highest BCUT2D eigenvalue weighted by Gasteiger charge is 2.08. The minimum absolute atomic E-state index is 0.911. The lowest BCUT2D eigenvalue weighted by atomic mass is 10.1. The van der Waals surface area contributed by atoms with Gasteiger partial charge in [-0.3, -0.25) is 0 Å². The molecule has 120 valence electrons. The Morgan fingerprint density at radius 1 is 0.920 bits per heavy atom. The maximum absolute atomic E-state index is 4.50. The van der Waals surface area contributed by atoms with Crippen LogP contribution in [0, 0.1) is 0 Å². The molecule has 3 heterocycles. The van der Waals surface area contributed by atoms with E-state index in [1.165, 1.54) is 10.9 Å². The van der Waals surface area contributed by atoms with E-state index in [4.69, 9.17) is 0 Å². The SMILES string of the molecule is c1ccc(-c2cc(Nc3ccc4[nH]ccc4c3)c3nccn3c2)cc1. The maximum atomic E-state index is 4.50. The monoisotopic (exact) mass is 324 g/mol. The summed E-state index contributed by atoms with van der Waals surface area (Å²) < 4.78 is 2.06. The van der Waals surface area contributed by atoms with Crippen LogP contribution < -0.4 is 5.32 Å². The van der Waals surface area contributed by atoms with Gasteiger partial charge in [-0.2, -0.15) is 0 Å². The number of fused-ring (bicyclic) bond motifs is 2. The molecule has 0 fully saturated rings. The van der Waals surface area contributed by atoms with Crippen LogP contribution in [0.5, 0.6) is 0 Å². The van der Waals surface area contributed by atoms with Gasteiger partial charge < -0.3 is 14.7 Å². The molecular formula is C21H16N4. The van der Waals surface area contributed by atoms with E-state index in [1.54, 1.807) is 0 Å². The molecule has 5 aromatic rings. The standard InChI is InChI=1S/C21H16N4/c1-2-4-15(5-3-1)17-13-20(21-23-10-11-25(21)14-17)24-18-6-7-19-16(12-18)8-9-22-19/h1-14,22,24H. The zero-order valence-corrected chi connectivity index (χ0v) is 13.5. The lowest BCUT2D eigenvalue weighted by Crippen LogP contribution is -1.96. The van der Waals surface area contributed by atoms with E-state index in [0.29, 0.717) is 0 Å². The summed E-state index contributed by atoms with van der Waals surface area (Å²) in [5.41, 5.74) is 6.41. The quantitative estimate of drug-likeness (QED) is 0.477. The fourth-order valence-electron chi connectivity index (χ4n) is 3.20. The third-order valence-electron chi connectivity index (χ3n) is 4.43. The highest BCUT2D eigenvalue weighted by molar-refractivity contribution is 5.86. The smallest absolute Gasteiger partial charge is 0.160 e. The fraction of sp³-hybridized carbons (Fsp3) is 0. The Bertz CT molecular complexity index is 1170. The summed E-state index contributed by atoms with van der Waals surface area (Å²) in [6.45, 7) is 0. The van der Waals surface area contributed by atoms with Crippen molar-refractivity contribution in [1.82, 2.24) is 14.4 Å². The van der Waals surface area contributed by atoms with Gasteiger partial charge in [0.05, 0.1) is 5.69 Å². The molecule has 0 atom stereocenters. The lowest BCUT2D eigenvalue weighted by molar-refractivity contribution is 1.19. The van der Waals surface area contributed by atoms with Gasteiger partial charge in [-0.1, -0.05) is 30.3 Å². The third-order valence-corrected chi connectivity index (χ3v) is 4.43. The van der Waals surface area contributed by atoms with Crippen molar-refractivity contribution in [1.29, 1.82) is 0 Å². The largest absolute Gasteiger partial charge is 0.361 e. The van der Waals surface area contributed by atoms with Crippen LogP contribution >= 0.6 is 0 Å². The molecule has 5 rings (SSSR count). The van der Waals surface area contributed by atoms with Crippen LogP contribution in [0.4, 0.5) is 11.4 Å². The van der Waals surface area contributed by atoms with Crippen LogP contribution in [0.1, 0.15) is 0 Å². The van der Waals surface area contributed by atoms with E-state index in [1.807, 2.05) is 24.7 Å². The van der Waals surface area contributed by atoms with Crippen molar-refractivity contribution in [2.75, 3.05) is 5.32 Å². The predicted octanol–water partition coefficient (Wildman–Crippen LogP) is 5.23. The Labute approximate surface area is 144 Å². The summed E-state index contributed by atoms with van der Waals surface area (Å²) in [6.07, 6.45) is 7.86. The van der Waals surface area contributed by atoms with Gasteiger partial charge in [-0.25, -0.2) is 4.98 Å². The van der Waals surface area contributed by atoms with Gasteiger partial charge >= 0.3 is 0 Å². The number of imidazole rings is 1. The molecule has 3 aromatic heterocycles. The summed E-state index contributed by atoms with van der Waals surface area (Å²) in [7, 11) is 0. The van der Waals surface area contributed by atoms with Gasteiger partial charge in [0, 0.05) is 46.9 Å². The highest BCUT2D eigenvalue weighted by Crippen LogP contribution is 2.29. The van der Waals surface area contributed by atoms with E-state index in [-0.39, 0.29) is 0 Å². The van der Waals surface area contributed by atoms with Crippen molar-refractivity contribution in [2.24, 2.45) is 0 Å². The van der Waals surface area contributed by atoms with Gasteiger partial charge in [-0.05, 0) is 35.9 Å². The number of rotatable bonds is 3. The molecule has 0 aliphatic rings. The zero-order valence-electron chi connectivity index (χ0n) is 13.5. The molecule has 2 aromatic carbocycles. The Kier molecular flexibility index (Phi) is 3.07. The van der Waals surface area contributed by atoms with Crippen LogP contribution in [0.2, 0.25) is 0 Å². The van der Waals surface area contributed by atoms with Crippen molar-refractivity contribution < 1.29 is 0 Å². The average molecular weight is 324 g/mol. The first-order valence-corrected chi connectivity index (χ1v) is 8.23. The topological polar surface area (TPSA) is 45.1 Å². The van der Waals surface area contributed by atoms with Crippen LogP contribution in [0.3, 0.4) is 0 Å². The van der Waals surface area contributed by atoms with E-state index in [0.717, 1.165) is 28.1 Å². The molecule has 4 nitrogen and oxygen atoms in total. The first kappa shape index (κ1) is 13.9. The number of anilines is 2. The summed E-state index contributed by atoms with van der Waals surface area (Å²) in [5.74, 6) is 0. The van der Waals surface area contributed by atoms with Gasteiger partial charge in [0.15, 0.2) is 5.65 Å². The van der Waals surface area contributed by atoms with Gasteiger partial charge in [0.1, 0.15) is 0 Å². The van der Waals surface area contributed by atoms with Crippen molar-refractivity contribution in [3.8, 4) is 11.1 Å². The molecular weight excluding hydrogens is 308 g/mol. The highest BCUT2D eigenvalue weighted by atomic mass is 15.0. The molecule has 0 bridgehead atoms. The number of H-pyrrole nitrogens is 1. The van der Waals surface area contributed by atoms with Crippen LogP contribution in [0.15, 0.2) is 85.5 Å². The van der Waals surface area contributed by atoms with E-state index >= 15 is 0 Å². The summed E-state index contributed by atoms with van der Waals surface area (Å²) >= 11 is 0. The second kappa shape index (κ2) is 5.53. The Morgan fingerprint density at radius 3 is 2.76 bits per heavy atom. The molecule has 0 amide bonds. The number of hydrogen-bond acceptors (Lipinski definition) is 2. The third kappa shape index (κ3) is 2.44. The van der Waals surface area contributed by atoms with Crippen molar-refractivity contribution in [3.63, 3.8) is 0 Å². The number of aromatic amines is 1. The number of nitrogens with one attached hydrogen (secondary N) is 2. The summed E-state index contributed by atoms with van der Waals surface area (Å²) in [5, 5.41) is 4.71. The minimum atomic E-state index is 0.911. The maximum Gasteiger partial charge on any atom is 0.160 e. The van der Waals surface area contributed by atoms with Gasteiger partial charge in [0.25, 0.3) is 0 Å². The van der Waals surface area contributed by atoms with Gasteiger partial charge in [0.2, 0.25) is 0 Å². The number of aromatic nitrogens is 3. The molecule has 0 aliphatic heterocycles.